The number of hydrogen-bond donors (Lipinski definition) is 1. The van der Waals surface area contributed by atoms with Gasteiger partial charge in [-0.2, -0.15) is 0 Å². The molecule has 1 aromatic heterocycles. The van der Waals surface area contributed by atoms with Crippen LogP contribution in [-0.4, -0.2) is 22.6 Å². The third-order valence-electron chi connectivity index (χ3n) is 2.77. The van der Waals surface area contributed by atoms with Crippen molar-refractivity contribution in [2.45, 2.75) is 19.9 Å². The zero-order valence-electron chi connectivity index (χ0n) is 10.6. The van der Waals surface area contributed by atoms with Crippen LogP contribution in [0.25, 0.3) is 0 Å². The fourth-order valence-corrected chi connectivity index (χ4v) is 2.18. The SMILES string of the molecule is CCNCCc1cn(Cc2ccc(I)cc2)cn1. The van der Waals surface area contributed by atoms with Crippen molar-refractivity contribution in [3.63, 3.8) is 0 Å². The average molecular weight is 355 g/mol. The molecule has 0 aliphatic carbocycles. The predicted molar refractivity (Wildman–Crippen MR) is 82.7 cm³/mol. The summed E-state index contributed by atoms with van der Waals surface area (Å²) in [5.74, 6) is 0. The fourth-order valence-electron chi connectivity index (χ4n) is 1.82. The lowest BCUT2D eigenvalue weighted by Gasteiger charge is -2.02. The molecule has 0 bridgehead atoms. The molecule has 0 amide bonds. The van der Waals surface area contributed by atoms with E-state index in [1.54, 1.807) is 0 Å². The molecular weight excluding hydrogens is 337 g/mol. The lowest BCUT2D eigenvalue weighted by atomic mass is 10.2. The van der Waals surface area contributed by atoms with Gasteiger partial charge in [0.25, 0.3) is 0 Å². The van der Waals surface area contributed by atoms with Crippen molar-refractivity contribution in [1.29, 1.82) is 0 Å². The van der Waals surface area contributed by atoms with Gasteiger partial charge in [-0.15, -0.1) is 0 Å². The van der Waals surface area contributed by atoms with Crippen molar-refractivity contribution in [2.75, 3.05) is 13.1 Å². The molecule has 1 aromatic carbocycles. The zero-order valence-corrected chi connectivity index (χ0v) is 12.7. The molecule has 0 atom stereocenters. The molecule has 1 N–H and O–H groups in total. The second-order valence-electron chi connectivity index (χ2n) is 4.27. The van der Waals surface area contributed by atoms with Crippen molar-refractivity contribution in [2.24, 2.45) is 0 Å². The van der Waals surface area contributed by atoms with Crippen molar-refractivity contribution in [1.82, 2.24) is 14.9 Å². The van der Waals surface area contributed by atoms with E-state index in [0.717, 1.165) is 31.7 Å². The molecule has 0 radical (unpaired) electrons. The summed E-state index contributed by atoms with van der Waals surface area (Å²) in [6, 6.07) is 8.61. The predicted octanol–water partition coefficient (Wildman–Crippen LogP) is 2.69. The zero-order chi connectivity index (χ0) is 12.8. The first-order valence-corrected chi connectivity index (χ1v) is 7.31. The first kappa shape index (κ1) is 13.5. The summed E-state index contributed by atoms with van der Waals surface area (Å²) >= 11 is 2.32. The van der Waals surface area contributed by atoms with E-state index < -0.39 is 0 Å². The summed E-state index contributed by atoms with van der Waals surface area (Å²) in [5, 5.41) is 3.31. The highest BCUT2D eigenvalue weighted by Crippen LogP contribution is 2.08. The Hall–Kier alpha value is -0.880. The molecule has 0 saturated carbocycles. The Balaban J connectivity index is 1.91. The van der Waals surface area contributed by atoms with Crippen LogP contribution in [-0.2, 0) is 13.0 Å². The van der Waals surface area contributed by atoms with Gasteiger partial charge in [-0.1, -0.05) is 19.1 Å². The largest absolute Gasteiger partial charge is 0.333 e. The van der Waals surface area contributed by atoms with Crippen LogP contribution in [0.15, 0.2) is 36.8 Å². The van der Waals surface area contributed by atoms with E-state index >= 15 is 0 Å². The molecule has 3 nitrogen and oxygen atoms in total. The Bertz CT molecular complexity index is 476. The van der Waals surface area contributed by atoms with Gasteiger partial charge in [0, 0.05) is 29.3 Å². The topological polar surface area (TPSA) is 29.9 Å². The molecule has 0 spiro atoms. The van der Waals surface area contributed by atoms with Crippen molar-refractivity contribution in [3.8, 4) is 0 Å². The third kappa shape index (κ3) is 4.10. The highest BCUT2D eigenvalue weighted by atomic mass is 127. The molecule has 2 rings (SSSR count). The standard InChI is InChI=1S/C14H18IN3/c1-2-16-8-7-14-10-18(11-17-14)9-12-3-5-13(15)6-4-12/h3-6,10-11,16H,2,7-9H2,1H3. The van der Waals surface area contributed by atoms with E-state index in [1.165, 1.54) is 9.13 Å². The van der Waals surface area contributed by atoms with E-state index in [2.05, 4.69) is 74.8 Å². The molecule has 0 aliphatic rings. The van der Waals surface area contributed by atoms with Gasteiger partial charge in [0.05, 0.1) is 12.0 Å². The van der Waals surface area contributed by atoms with Crippen LogP contribution in [0.1, 0.15) is 18.2 Å². The minimum atomic E-state index is 0.894. The van der Waals surface area contributed by atoms with Crippen LogP contribution in [0, 0.1) is 3.57 Å². The molecule has 0 unspecified atom stereocenters. The van der Waals surface area contributed by atoms with Gasteiger partial charge in [-0.3, -0.25) is 0 Å². The number of rotatable bonds is 6. The van der Waals surface area contributed by atoms with E-state index in [0.29, 0.717) is 0 Å². The lowest BCUT2D eigenvalue weighted by Crippen LogP contribution is -2.16. The van der Waals surface area contributed by atoms with Crippen molar-refractivity contribution in [3.05, 3.63) is 51.6 Å². The first-order valence-electron chi connectivity index (χ1n) is 6.23. The van der Waals surface area contributed by atoms with E-state index in [4.69, 9.17) is 0 Å². The van der Waals surface area contributed by atoms with E-state index in [-0.39, 0.29) is 0 Å². The lowest BCUT2D eigenvalue weighted by molar-refractivity contribution is 0.708. The number of likely N-dealkylation sites (N-methyl/N-ethyl adjacent to an activating group) is 1. The second-order valence-corrected chi connectivity index (χ2v) is 5.51. The molecule has 18 heavy (non-hydrogen) atoms. The highest BCUT2D eigenvalue weighted by molar-refractivity contribution is 14.1. The van der Waals surface area contributed by atoms with Crippen LogP contribution in [0.5, 0.6) is 0 Å². The summed E-state index contributed by atoms with van der Waals surface area (Å²) in [6.07, 6.45) is 5.04. The maximum absolute atomic E-state index is 4.42. The van der Waals surface area contributed by atoms with Crippen LogP contribution < -0.4 is 5.32 Å². The Labute approximate surface area is 122 Å². The molecule has 0 saturated heterocycles. The summed E-state index contributed by atoms with van der Waals surface area (Å²) in [4.78, 5) is 4.42. The number of aromatic nitrogens is 2. The summed E-state index contributed by atoms with van der Waals surface area (Å²) in [7, 11) is 0. The number of nitrogens with one attached hydrogen (secondary N) is 1. The fraction of sp³-hybridized carbons (Fsp3) is 0.357. The van der Waals surface area contributed by atoms with Crippen LogP contribution in [0.2, 0.25) is 0 Å². The van der Waals surface area contributed by atoms with Gasteiger partial charge in [0.15, 0.2) is 0 Å². The van der Waals surface area contributed by atoms with Crippen LogP contribution in [0.4, 0.5) is 0 Å². The molecule has 0 fully saturated rings. The maximum Gasteiger partial charge on any atom is 0.0952 e. The molecule has 1 heterocycles. The number of hydrogen-bond acceptors (Lipinski definition) is 2. The monoisotopic (exact) mass is 355 g/mol. The highest BCUT2D eigenvalue weighted by Gasteiger charge is 1.99. The normalized spacial score (nSPS) is 10.8. The first-order chi connectivity index (χ1) is 8.78. The molecular formula is C14H18IN3. The summed E-state index contributed by atoms with van der Waals surface area (Å²) in [5.41, 5.74) is 2.47. The van der Waals surface area contributed by atoms with Crippen molar-refractivity contribution >= 4 is 22.6 Å². The van der Waals surface area contributed by atoms with E-state index in [9.17, 15) is 0 Å². The molecule has 4 heteroatoms. The van der Waals surface area contributed by atoms with Gasteiger partial charge in [-0.25, -0.2) is 4.98 Å². The molecule has 0 aliphatic heterocycles. The summed E-state index contributed by atoms with van der Waals surface area (Å²) in [6.45, 7) is 5.03. The van der Waals surface area contributed by atoms with E-state index in [1.807, 2.05) is 6.33 Å². The Morgan fingerprint density at radius 2 is 2.06 bits per heavy atom. The second kappa shape index (κ2) is 6.89. The van der Waals surface area contributed by atoms with Gasteiger partial charge < -0.3 is 9.88 Å². The van der Waals surface area contributed by atoms with Crippen LogP contribution >= 0.6 is 22.6 Å². The van der Waals surface area contributed by atoms with Gasteiger partial charge in [0.1, 0.15) is 0 Å². The summed E-state index contributed by atoms with van der Waals surface area (Å²) < 4.78 is 3.41. The van der Waals surface area contributed by atoms with Crippen molar-refractivity contribution < 1.29 is 0 Å². The maximum atomic E-state index is 4.42. The smallest absolute Gasteiger partial charge is 0.0952 e. The average Bonchev–Trinajstić information content (AvgIpc) is 2.80. The number of benzene rings is 1. The van der Waals surface area contributed by atoms with Gasteiger partial charge >= 0.3 is 0 Å². The Kier molecular flexibility index (Phi) is 5.19. The number of imidazole rings is 1. The van der Waals surface area contributed by atoms with Gasteiger partial charge in [-0.05, 0) is 46.8 Å². The quantitative estimate of drug-likeness (QED) is 0.638. The minimum absolute atomic E-state index is 0.894. The number of halogens is 1. The minimum Gasteiger partial charge on any atom is -0.333 e. The Morgan fingerprint density at radius 3 is 2.78 bits per heavy atom. The third-order valence-corrected chi connectivity index (χ3v) is 3.49. The molecule has 2 aromatic rings. The number of nitrogens with zero attached hydrogens (tertiary/aromatic N) is 2. The van der Waals surface area contributed by atoms with Gasteiger partial charge in [0.2, 0.25) is 0 Å². The molecule has 96 valence electrons. The van der Waals surface area contributed by atoms with Crippen LogP contribution in [0.3, 0.4) is 0 Å². The Morgan fingerprint density at radius 1 is 1.28 bits per heavy atom.